The highest BCUT2D eigenvalue weighted by molar-refractivity contribution is 7.92. The number of hydrogen-bond donors (Lipinski definition) is 2. The summed E-state index contributed by atoms with van der Waals surface area (Å²) in [5.74, 6) is -1.15. The van der Waals surface area contributed by atoms with Crippen molar-refractivity contribution in [2.75, 3.05) is 10.0 Å². The van der Waals surface area contributed by atoms with E-state index in [1.165, 1.54) is 24.3 Å². The predicted octanol–water partition coefficient (Wildman–Crippen LogP) is 5.02. The smallest absolute Gasteiger partial charge is 0.404 e. The molecule has 0 bridgehead atoms. The van der Waals surface area contributed by atoms with Gasteiger partial charge < -0.3 is 10.1 Å². The van der Waals surface area contributed by atoms with Gasteiger partial charge in [0.15, 0.2) is 0 Å². The molecular weight excluding hydrogens is 433 g/mol. The molecular formula is C18H18ClF3N2O4S. The number of sulfonamides is 1. The lowest BCUT2D eigenvalue weighted by Crippen LogP contribution is -2.27. The van der Waals surface area contributed by atoms with Crippen molar-refractivity contribution in [1.82, 2.24) is 0 Å². The summed E-state index contributed by atoms with van der Waals surface area (Å²) in [7, 11) is -4.44. The molecule has 11 heteroatoms. The summed E-state index contributed by atoms with van der Waals surface area (Å²) in [5.41, 5.74) is -0.129. The zero-order chi connectivity index (χ0) is 22.0. The molecule has 0 aliphatic heterocycles. The minimum atomic E-state index is -5.08. The van der Waals surface area contributed by atoms with E-state index in [4.69, 9.17) is 11.6 Å². The zero-order valence-electron chi connectivity index (χ0n) is 15.6. The molecule has 6 nitrogen and oxygen atoms in total. The van der Waals surface area contributed by atoms with Gasteiger partial charge in [0, 0.05) is 21.8 Å². The molecule has 2 aromatic carbocycles. The van der Waals surface area contributed by atoms with Crippen LogP contribution in [0.3, 0.4) is 0 Å². The Balaban J connectivity index is 2.26. The minimum Gasteiger partial charge on any atom is -0.404 e. The lowest BCUT2D eigenvalue weighted by Gasteiger charge is -2.18. The number of carbonyl (C=O) groups is 1. The molecule has 0 aromatic heterocycles. The van der Waals surface area contributed by atoms with Gasteiger partial charge in [-0.05, 0) is 42.5 Å². The Kier molecular flexibility index (Phi) is 6.39. The van der Waals surface area contributed by atoms with Crippen molar-refractivity contribution >= 4 is 38.9 Å². The predicted molar refractivity (Wildman–Crippen MR) is 103 cm³/mol. The second kappa shape index (κ2) is 8.11. The van der Waals surface area contributed by atoms with Crippen LogP contribution in [0.2, 0.25) is 5.02 Å². The highest BCUT2D eigenvalue weighted by Gasteiger charge is 2.34. The van der Waals surface area contributed by atoms with Crippen molar-refractivity contribution in [3.8, 4) is 5.75 Å². The highest BCUT2D eigenvalue weighted by Crippen LogP contribution is 2.33. The first-order valence-electron chi connectivity index (χ1n) is 8.17. The van der Waals surface area contributed by atoms with Gasteiger partial charge in [-0.1, -0.05) is 32.4 Å². The van der Waals surface area contributed by atoms with E-state index >= 15 is 0 Å². The van der Waals surface area contributed by atoms with Gasteiger partial charge in [0.25, 0.3) is 10.0 Å². The van der Waals surface area contributed by atoms with Gasteiger partial charge in [0.1, 0.15) is 10.6 Å². The molecule has 0 spiro atoms. The van der Waals surface area contributed by atoms with Crippen molar-refractivity contribution in [3.63, 3.8) is 0 Å². The van der Waals surface area contributed by atoms with Gasteiger partial charge >= 0.3 is 6.36 Å². The average molecular weight is 451 g/mol. The number of rotatable bonds is 5. The van der Waals surface area contributed by atoms with E-state index in [0.29, 0.717) is 5.69 Å². The third-order valence-electron chi connectivity index (χ3n) is 3.50. The standard InChI is InChI=1S/C18H18ClF3N2O4S/c1-17(2,3)16(25)23-12-5-7-13(8-6-12)24-29(26,27)15-10-11(19)4-9-14(15)28-18(20,21)22/h4-10,24H,1-3H3,(H,23,25). The first-order chi connectivity index (χ1) is 13.2. The van der Waals surface area contributed by atoms with Gasteiger partial charge in [0.2, 0.25) is 5.91 Å². The molecule has 2 N–H and O–H groups in total. The van der Waals surface area contributed by atoms with Crippen molar-refractivity contribution in [2.24, 2.45) is 5.41 Å². The van der Waals surface area contributed by atoms with Crippen LogP contribution in [0.1, 0.15) is 20.8 Å². The van der Waals surface area contributed by atoms with Crippen LogP contribution in [0.15, 0.2) is 47.4 Å². The van der Waals surface area contributed by atoms with Crippen LogP contribution in [0.4, 0.5) is 24.5 Å². The first kappa shape index (κ1) is 22.8. The Labute approximate surface area is 171 Å². The molecule has 0 aliphatic rings. The number of benzene rings is 2. The highest BCUT2D eigenvalue weighted by atomic mass is 35.5. The van der Waals surface area contributed by atoms with E-state index in [-0.39, 0.29) is 16.6 Å². The quantitative estimate of drug-likeness (QED) is 0.669. The normalized spacial score (nSPS) is 12.4. The number of carbonyl (C=O) groups excluding carboxylic acids is 1. The van der Waals surface area contributed by atoms with Crippen molar-refractivity contribution in [2.45, 2.75) is 32.0 Å². The molecule has 0 radical (unpaired) electrons. The molecule has 0 heterocycles. The number of hydrogen-bond acceptors (Lipinski definition) is 4. The summed E-state index contributed by atoms with van der Waals surface area (Å²) >= 11 is 5.73. The summed E-state index contributed by atoms with van der Waals surface area (Å²) in [6.07, 6.45) is -5.08. The second-order valence-corrected chi connectivity index (χ2v) is 9.11. The Bertz CT molecular complexity index is 1000. The second-order valence-electron chi connectivity index (χ2n) is 7.03. The van der Waals surface area contributed by atoms with E-state index in [9.17, 15) is 26.4 Å². The monoisotopic (exact) mass is 450 g/mol. The molecule has 0 saturated carbocycles. The SMILES string of the molecule is CC(C)(C)C(=O)Nc1ccc(NS(=O)(=O)c2cc(Cl)ccc2OC(F)(F)F)cc1. The van der Waals surface area contributed by atoms with E-state index in [0.717, 1.165) is 18.2 Å². The third-order valence-corrected chi connectivity index (χ3v) is 5.13. The van der Waals surface area contributed by atoms with Crippen LogP contribution in [0.25, 0.3) is 0 Å². The van der Waals surface area contributed by atoms with E-state index in [1.54, 1.807) is 20.8 Å². The van der Waals surface area contributed by atoms with E-state index < -0.39 is 32.4 Å². The molecule has 29 heavy (non-hydrogen) atoms. The van der Waals surface area contributed by atoms with Crippen LogP contribution in [-0.4, -0.2) is 20.7 Å². The number of alkyl halides is 3. The number of ether oxygens (including phenoxy) is 1. The molecule has 2 rings (SSSR count). The molecule has 1 amide bonds. The van der Waals surface area contributed by atoms with Crippen LogP contribution < -0.4 is 14.8 Å². The van der Waals surface area contributed by atoms with Gasteiger partial charge in [-0.25, -0.2) is 8.42 Å². The lowest BCUT2D eigenvalue weighted by atomic mass is 9.95. The lowest BCUT2D eigenvalue weighted by molar-refractivity contribution is -0.275. The van der Waals surface area contributed by atoms with Crippen LogP contribution in [0, 0.1) is 5.41 Å². The Hall–Kier alpha value is -2.46. The molecule has 0 aliphatic carbocycles. The number of nitrogens with one attached hydrogen (secondary N) is 2. The van der Waals surface area contributed by atoms with Crippen molar-refractivity contribution in [1.29, 1.82) is 0 Å². The van der Waals surface area contributed by atoms with E-state index in [1.807, 2.05) is 0 Å². The largest absolute Gasteiger partial charge is 0.573 e. The maximum absolute atomic E-state index is 12.6. The maximum atomic E-state index is 12.6. The molecule has 2 aromatic rings. The number of amides is 1. The van der Waals surface area contributed by atoms with Crippen LogP contribution in [-0.2, 0) is 14.8 Å². The van der Waals surface area contributed by atoms with Gasteiger partial charge in [-0.15, -0.1) is 13.2 Å². The summed E-state index contributed by atoms with van der Waals surface area (Å²) in [4.78, 5) is 11.2. The molecule has 158 valence electrons. The Morgan fingerprint density at radius 1 is 1.00 bits per heavy atom. The summed E-state index contributed by atoms with van der Waals surface area (Å²) in [6.45, 7) is 5.20. The molecule has 0 unspecified atom stereocenters. The number of anilines is 2. The molecule has 0 atom stereocenters. The Morgan fingerprint density at radius 2 is 1.55 bits per heavy atom. The fourth-order valence-electron chi connectivity index (χ4n) is 2.05. The van der Waals surface area contributed by atoms with Gasteiger partial charge in [0.05, 0.1) is 0 Å². The van der Waals surface area contributed by atoms with Crippen LogP contribution >= 0.6 is 11.6 Å². The average Bonchev–Trinajstić information content (AvgIpc) is 2.56. The van der Waals surface area contributed by atoms with E-state index in [2.05, 4.69) is 14.8 Å². The minimum absolute atomic E-state index is 0.0664. The fraction of sp³-hybridized carbons (Fsp3) is 0.278. The van der Waals surface area contributed by atoms with Gasteiger partial charge in [-0.2, -0.15) is 0 Å². The maximum Gasteiger partial charge on any atom is 0.573 e. The first-order valence-corrected chi connectivity index (χ1v) is 10.0. The zero-order valence-corrected chi connectivity index (χ0v) is 17.2. The van der Waals surface area contributed by atoms with Gasteiger partial charge in [-0.3, -0.25) is 9.52 Å². The Morgan fingerprint density at radius 3 is 2.07 bits per heavy atom. The third kappa shape index (κ3) is 6.53. The molecule has 0 fully saturated rings. The topological polar surface area (TPSA) is 84.5 Å². The summed E-state index contributed by atoms with van der Waals surface area (Å²) < 4.78 is 68.8. The number of halogens is 4. The van der Waals surface area contributed by atoms with Crippen molar-refractivity contribution < 1.29 is 31.1 Å². The summed E-state index contributed by atoms with van der Waals surface area (Å²) in [5, 5.41) is 2.58. The van der Waals surface area contributed by atoms with Crippen LogP contribution in [0.5, 0.6) is 5.75 Å². The molecule has 0 saturated heterocycles. The summed E-state index contributed by atoms with van der Waals surface area (Å²) in [6, 6.07) is 8.35. The fourth-order valence-corrected chi connectivity index (χ4v) is 3.50. The van der Waals surface area contributed by atoms with Crippen molar-refractivity contribution in [3.05, 3.63) is 47.5 Å².